The first-order chi connectivity index (χ1) is 8.74. The highest BCUT2D eigenvalue weighted by Gasteiger charge is 2.26. The van der Waals surface area contributed by atoms with E-state index in [0.717, 1.165) is 4.57 Å². The average Bonchev–Trinajstić information content (AvgIpc) is 2.60. The molecule has 0 aliphatic carbocycles. The fourth-order valence-corrected chi connectivity index (χ4v) is 1.37. The molecular formula is C11H16FN3O4. The molecule has 0 spiro atoms. The molecule has 7 nitrogen and oxygen atoms in total. The maximum Gasteiger partial charge on any atom is 0.441 e. The first-order valence-electron chi connectivity index (χ1n) is 5.64. The molecule has 19 heavy (non-hydrogen) atoms. The van der Waals surface area contributed by atoms with Crippen LogP contribution < -0.4 is 11.5 Å². The van der Waals surface area contributed by atoms with Crippen LogP contribution in [0, 0.1) is 6.92 Å². The fraction of sp³-hybridized carbons (Fsp3) is 0.545. The van der Waals surface area contributed by atoms with Gasteiger partial charge in [0.15, 0.2) is 5.82 Å². The van der Waals surface area contributed by atoms with Crippen LogP contribution in [0.1, 0.15) is 25.6 Å². The normalized spacial score (nSPS) is 15.3. The number of aryl methyl sites for hydroxylation is 1. The van der Waals surface area contributed by atoms with Crippen molar-refractivity contribution in [3.63, 3.8) is 0 Å². The Labute approximate surface area is 108 Å². The second-order valence-electron chi connectivity index (χ2n) is 4.49. The number of hydrogen-bond donors (Lipinski definition) is 2. The number of carbonyl (C=O) groups is 1. The van der Waals surface area contributed by atoms with Gasteiger partial charge in [-0.1, -0.05) is 11.2 Å². The van der Waals surface area contributed by atoms with Crippen LogP contribution in [0.2, 0.25) is 0 Å². The van der Waals surface area contributed by atoms with E-state index in [9.17, 15) is 14.0 Å². The Morgan fingerprint density at radius 3 is 2.79 bits per heavy atom. The monoisotopic (exact) mass is 273 g/mol. The SMILES string of the molecule is Cc1noc(=O)n1C/C(F)=C/CC[C@](C)(N)C(=O)O. The summed E-state index contributed by atoms with van der Waals surface area (Å²) in [6, 6.07) is 0. The van der Waals surface area contributed by atoms with Gasteiger partial charge in [0.1, 0.15) is 11.4 Å². The van der Waals surface area contributed by atoms with Crippen molar-refractivity contribution >= 4 is 5.97 Å². The summed E-state index contributed by atoms with van der Waals surface area (Å²) in [7, 11) is 0. The van der Waals surface area contributed by atoms with Gasteiger partial charge in [-0.25, -0.2) is 9.18 Å². The third kappa shape index (κ3) is 4.02. The molecule has 0 fully saturated rings. The van der Waals surface area contributed by atoms with E-state index in [1.54, 1.807) is 0 Å². The lowest BCUT2D eigenvalue weighted by atomic mass is 9.97. The minimum absolute atomic E-state index is 0.0905. The zero-order valence-electron chi connectivity index (χ0n) is 10.7. The van der Waals surface area contributed by atoms with Gasteiger partial charge in [-0.2, -0.15) is 0 Å². The van der Waals surface area contributed by atoms with E-state index in [1.165, 1.54) is 19.9 Å². The van der Waals surface area contributed by atoms with Crippen molar-refractivity contribution in [3.8, 4) is 0 Å². The van der Waals surface area contributed by atoms with Crippen molar-refractivity contribution in [2.45, 2.75) is 38.8 Å². The summed E-state index contributed by atoms with van der Waals surface area (Å²) in [5.74, 6) is -2.19. The lowest BCUT2D eigenvalue weighted by molar-refractivity contribution is -0.142. The number of halogens is 1. The van der Waals surface area contributed by atoms with Gasteiger partial charge in [0.2, 0.25) is 0 Å². The fourth-order valence-electron chi connectivity index (χ4n) is 1.37. The second kappa shape index (κ2) is 5.79. The summed E-state index contributed by atoms with van der Waals surface area (Å²) < 4.78 is 18.9. The first kappa shape index (κ1) is 15.1. The Hall–Kier alpha value is -1.96. The maximum atomic E-state index is 13.5. The lowest BCUT2D eigenvalue weighted by Crippen LogP contribution is -2.44. The van der Waals surface area contributed by atoms with Crippen LogP contribution in [0.25, 0.3) is 0 Å². The Bertz CT molecular complexity index is 544. The van der Waals surface area contributed by atoms with E-state index in [2.05, 4.69) is 9.68 Å². The number of aromatic nitrogens is 2. The zero-order chi connectivity index (χ0) is 14.6. The molecule has 0 aromatic carbocycles. The van der Waals surface area contributed by atoms with Gasteiger partial charge in [-0.15, -0.1) is 0 Å². The van der Waals surface area contributed by atoms with Crippen LogP contribution in [-0.2, 0) is 11.3 Å². The van der Waals surface area contributed by atoms with Crippen LogP contribution in [0.15, 0.2) is 21.2 Å². The first-order valence-corrected chi connectivity index (χ1v) is 5.64. The molecule has 1 aromatic rings. The molecule has 0 radical (unpaired) electrons. The number of nitrogens with two attached hydrogens (primary N) is 1. The lowest BCUT2D eigenvalue weighted by Gasteiger charge is -2.17. The quantitative estimate of drug-likeness (QED) is 0.784. The molecule has 0 aliphatic heterocycles. The summed E-state index contributed by atoms with van der Waals surface area (Å²) in [6.07, 6.45) is 1.45. The van der Waals surface area contributed by atoms with Crippen molar-refractivity contribution in [2.24, 2.45) is 5.73 Å². The van der Waals surface area contributed by atoms with Crippen LogP contribution >= 0.6 is 0 Å². The number of allylic oxidation sites excluding steroid dienone is 2. The van der Waals surface area contributed by atoms with Crippen molar-refractivity contribution in [1.29, 1.82) is 0 Å². The molecule has 0 amide bonds. The minimum atomic E-state index is -1.40. The third-order valence-corrected chi connectivity index (χ3v) is 2.69. The summed E-state index contributed by atoms with van der Waals surface area (Å²) in [6.45, 7) is 2.58. The van der Waals surface area contributed by atoms with Gasteiger partial charge in [-0.05, 0) is 26.7 Å². The molecule has 3 N–H and O–H groups in total. The molecule has 8 heteroatoms. The highest BCUT2D eigenvalue weighted by Crippen LogP contribution is 2.12. The number of rotatable bonds is 6. The largest absolute Gasteiger partial charge is 0.480 e. The summed E-state index contributed by atoms with van der Waals surface area (Å²) >= 11 is 0. The Balaban J connectivity index is 2.60. The molecule has 1 atom stereocenters. The molecule has 1 rings (SSSR count). The smallest absolute Gasteiger partial charge is 0.441 e. The summed E-state index contributed by atoms with van der Waals surface area (Å²) in [5, 5.41) is 12.2. The minimum Gasteiger partial charge on any atom is -0.480 e. The molecule has 0 saturated carbocycles. The molecular weight excluding hydrogens is 257 g/mol. The maximum absolute atomic E-state index is 13.5. The number of hydrogen-bond acceptors (Lipinski definition) is 5. The van der Waals surface area contributed by atoms with Gasteiger partial charge in [-0.3, -0.25) is 13.9 Å². The topological polar surface area (TPSA) is 111 Å². The van der Waals surface area contributed by atoms with E-state index in [4.69, 9.17) is 10.8 Å². The predicted molar refractivity (Wildman–Crippen MR) is 64.2 cm³/mol. The molecule has 1 aromatic heterocycles. The van der Waals surface area contributed by atoms with E-state index in [1.807, 2.05) is 0 Å². The van der Waals surface area contributed by atoms with E-state index in [-0.39, 0.29) is 25.2 Å². The van der Waals surface area contributed by atoms with Crippen LogP contribution in [0.5, 0.6) is 0 Å². The number of nitrogens with zero attached hydrogens (tertiary/aromatic N) is 2. The second-order valence-corrected chi connectivity index (χ2v) is 4.49. The van der Waals surface area contributed by atoms with Crippen LogP contribution in [0.4, 0.5) is 4.39 Å². The van der Waals surface area contributed by atoms with E-state index in [0.29, 0.717) is 0 Å². The molecule has 0 bridgehead atoms. The molecule has 106 valence electrons. The van der Waals surface area contributed by atoms with Gasteiger partial charge < -0.3 is 10.8 Å². The Morgan fingerprint density at radius 1 is 1.68 bits per heavy atom. The number of carboxylic acid groups (broad SMARTS) is 1. The van der Waals surface area contributed by atoms with Gasteiger partial charge in [0.05, 0.1) is 6.54 Å². The molecule has 1 heterocycles. The van der Waals surface area contributed by atoms with E-state index >= 15 is 0 Å². The summed E-state index contributed by atoms with van der Waals surface area (Å²) in [5.41, 5.74) is 4.10. The highest BCUT2D eigenvalue weighted by molar-refractivity contribution is 5.77. The van der Waals surface area contributed by atoms with Crippen LogP contribution in [0.3, 0.4) is 0 Å². The molecule has 0 saturated heterocycles. The molecule has 0 unspecified atom stereocenters. The average molecular weight is 273 g/mol. The number of carboxylic acids is 1. The standard InChI is InChI=1S/C11H16FN3O4/c1-7-14-19-10(18)15(7)6-8(12)4-3-5-11(2,13)9(16)17/h4H,3,5-6,13H2,1-2H3,(H,16,17)/b8-4-/t11-/m0/s1. The molecule has 0 aliphatic rings. The van der Waals surface area contributed by atoms with Gasteiger partial charge >= 0.3 is 11.7 Å². The predicted octanol–water partition coefficient (Wildman–Crippen LogP) is 0.580. The zero-order valence-corrected chi connectivity index (χ0v) is 10.7. The van der Waals surface area contributed by atoms with Gasteiger partial charge in [0.25, 0.3) is 0 Å². The van der Waals surface area contributed by atoms with Crippen molar-refractivity contribution in [3.05, 3.63) is 28.3 Å². The van der Waals surface area contributed by atoms with Crippen LogP contribution in [-0.4, -0.2) is 26.3 Å². The van der Waals surface area contributed by atoms with Crippen molar-refractivity contribution in [2.75, 3.05) is 0 Å². The van der Waals surface area contributed by atoms with E-state index < -0.39 is 23.1 Å². The van der Waals surface area contributed by atoms with Gasteiger partial charge in [0, 0.05) is 0 Å². The Kier molecular flexibility index (Phi) is 4.60. The summed E-state index contributed by atoms with van der Waals surface area (Å²) in [4.78, 5) is 21.9. The Morgan fingerprint density at radius 2 is 2.32 bits per heavy atom. The van der Waals surface area contributed by atoms with Crippen molar-refractivity contribution < 1.29 is 18.8 Å². The third-order valence-electron chi connectivity index (χ3n) is 2.69. The number of aliphatic carboxylic acids is 1. The highest BCUT2D eigenvalue weighted by atomic mass is 19.1. The van der Waals surface area contributed by atoms with Crippen molar-refractivity contribution in [1.82, 2.24) is 9.72 Å².